The number of carbonyl (C=O) groups is 5. The highest BCUT2D eigenvalue weighted by molar-refractivity contribution is 7.22. The van der Waals surface area contributed by atoms with Crippen LogP contribution in [0.5, 0.6) is 5.75 Å². The van der Waals surface area contributed by atoms with E-state index in [0.29, 0.717) is 73.0 Å². The molecule has 4 aromatic carbocycles. The van der Waals surface area contributed by atoms with Crippen molar-refractivity contribution >= 4 is 73.4 Å². The lowest BCUT2D eigenvalue weighted by molar-refractivity contribution is -0.144. The zero-order chi connectivity index (χ0) is 60.3. The fourth-order valence-electron chi connectivity index (χ4n) is 11.7. The van der Waals surface area contributed by atoms with E-state index < -0.39 is 41.1 Å². The molecule has 0 bridgehead atoms. The normalized spacial score (nSPS) is 17.5. The number of β-amino-alcohol motifs (C(OH)–C–C–N with tert-alkyl or cyclic N) is 1. The van der Waals surface area contributed by atoms with Gasteiger partial charge < -0.3 is 35.0 Å². The number of piperidine rings is 1. The third-order valence-electron chi connectivity index (χ3n) is 16.3. The summed E-state index contributed by atoms with van der Waals surface area (Å²) in [4.78, 5) is 90.7. The lowest BCUT2D eigenvalue weighted by atomic mass is 9.85. The third kappa shape index (κ3) is 14.2. The number of hydrogen-bond acceptors (Lipinski definition) is 15. The molecule has 10 rings (SSSR count). The van der Waals surface area contributed by atoms with Crippen molar-refractivity contribution < 1.29 is 38.6 Å². The van der Waals surface area contributed by atoms with Gasteiger partial charge in [0, 0.05) is 37.2 Å². The van der Waals surface area contributed by atoms with Crippen LogP contribution in [0.25, 0.3) is 31.8 Å². The van der Waals surface area contributed by atoms with Gasteiger partial charge in [-0.1, -0.05) is 92.8 Å². The minimum absolute atomic E-state index is 0.00489. The van der Waals surface area contributed by atoms with Crippen molar-refractivity contribution in [3.05, 3.63) is 142 Å². The van der Waals surface area contributed by atoms with E-state index in [-0.39, 0.29) is 49.0 Å². The van der Waals surface area contributed by atoms with Crippen molar-refractivity contribution in [1.82, 2.24) is 35.4 Å². The highest BCUT2D eigenvalue weighted by atomic mass is 32.1. The summed E-state index contributed by atoms with van der Waals surface area (Å²) >= 11 is 3.01. The van der Waals surface area contributed by atoms with Gasteiger partial charge in [0.15, 0.2) is 10.8 Å². The quantitative estimate of drug-likeness (QED) is 0.0627. The SMILES string of the molecule is Cc1ncsc1-c1ccc([C@H](C)NC(=O)[C@@H]2C[C@@H](O)CN2C(=O)[C@@H](NC(=O)CN2CCC(CCOc3cccc(-c4ccc(N5CCc6cccc(C(=O)Nc7nc8ccccc8s7)c6C5)nc4C(=O)OC(C)(C)C)c3C)CC2)C(C)(C)C)cc1. The van der Waals surface area contributed by atoms with E-state index >= 15 is 0 Å². The summed E-state index contributed by atoms with van der Waals surface area (Å²) < 4.78 is 13.5. The van der Waals surface area contributed by atoms with Crippen LogP contribution in [0, 0.1) is 25.2 Å². The number of para-hydroxylation sites is 1. The van der Waals surface area contributed by atoms with Crippen LogP contribution in [-0.4, -0.2) is 123 Å². The number of fused-ring (bicyclic) bond motifs is 2. The molecule has 3 aliphatic rings. The van der Waals surface area contributed by atoms with Crippen molar-refractivity contribution in [1.29, 1.82) is 0 Å². The van der Waals surface area contributed by atoms with Gasteiger partial charge in [0.25, 0.3) is 5.91 Å². The largest absolute Gasteiger partial charge is 0.493 e. The Morgan fingerprint density at radius 2 is 1.59 bits per heavy atom. The number of nitrogens with zero attached hydrogens (tertiary/aromatic N) is 6. The van der Waals surface area contributed by atoms with Crippen LogP contribution >= 0.6 is 22.7 Å². The zero-order valence-corrected chi connectivity index (χ0v) is 51.6. The highest BCUT2D eigenvalue weighted by Gasteiger charge is 2.45. The Labute approximate surface area is 505 Å². The lowest BCUT2D eigenvalue weighted by Gasteiger charge is -2.36. The molecule has 3 aliphatic heterocycles. The summed E-state index contributed by atoms with van der Waals surface area (Å²) in [6.45, 7) is 20.1. The smallest absolute Gasteiger partial charge is 0.358 e. The number of thiazole rings is 2. The predicted octanol–water partition coefficient (Wildman–Crippen LogP) is 10.7. The van der Waals surface area contributed by atoms with E-state index in [1.807, 2.05) is 159 Å². The summed E-state index contributed by atoms with van der Waals surface area (Å²) in [6, 6.07) is 29.1. The van der Waals surface area contributed by atoms with E-state index in [9.17, 15) is 29.1 Å². The zero-order valence-electron chi connectivity index (χ0n) is 50.0. The molecular weight excluding hydrogens is 1110 g/mol. The van der Waals surface area contributed by atoms with Crippen LogP contribution in [0.4, 0.5) is 10.9 Å². The van der Waals surface area contributed by atoms with Gasteiger partial charge in [-0.3, -0.25) is 29.4 Å². The van der Waals surface area contributed by atoms with Crippen LogP contribution < -0.4 is 25.6 Å². The average Bonchev–Trinajstić information content (AvgIpc) is 3.70. The number of ether oxygens (including phenoxy) is 2. The Balaban J connectivity index is 0.732. The van der Waals surface area contributed by atoms with E-state index in [1.54, 1.807) is 11.3 Å². The van der Waals surface area contributed by atoms with Crippen molar-refractivity contribution in [2.24, 2.45) is 11.3 Å². The first-order chi connectivity index (χ1) is 40.6. The Morgan fingerprint density at radius 1 is 0.835 bits per heavy atom. The maximum Gasteiger partial charge on any atom is 0.358 e. The Morgan fingerprint density at radius 3 is 2.31 bits per heavy atom. The Bertz CT molecular complexity index is 3570. The number of pyridine rings is 1. The molecule has 0 radical (unpaired) electrons. The molecule has 2 saturated heterocycles. The van der Waals surface area contributed by atoms with Crippen LogP contribution in [0.2, 0.25) is 0 Å². The topological polar surface area (TPSA) is 209 Å². The minimum atomic E-state index is -0.927. The number of carbonyl (C=O) groups excluding carboxylic acids is 5. The van der Waals surface area contributed by atoms with Gasteiger partial charge >= 0.3 is 5.97 Å². The fraction of sp³-hybridized carbons (Fsp3) is 0.424. The number of amides is 4. The van der Waals surface area contributed by atoms with Crippen molar-refractivity contribution in [2.45, 2.75) is 131 Å². The van der Waals surface area contributed by atoms with E-state index in [1.165, 1.54) is 16.2 Å². The fourth-order valence-corrected chi connectivity index (χ4v) is 13.3. The first kappa shape index (κ1) is 60.5. The molecule has 4 atom stereocenters. The molecule has 4 amide bonds. The number of likely N-dealkylation sites (tertiary alicyclic amines) is 2. The molecule has 4 N–H and O–H groups in total. The summed E-state index contributed by atoms with van der Waals surface area (Å²) in [5, 5.41) is 20.5. The standard InChI is InChI=1S/C66H77N9O8S2/c1-39-47(48-24-25-55(70-57(48)63(81)83-66(7,8)9)74-32-28-44-14-12-16-49(50(44)36-74)60(78)72-64-69-51-17-10-11-19-54(51)85-64)15-13-18-53(39)82-33-29-42-26-30-73(31-27-42)37-56(77)71-59(65(4,5)6)62(80)75-35-46(76)34-52(75)61(79)68-40(2)43-20-22-45(23-21-43)58-41(3)67-38-84-58/h10-25,38,40,42,46,52,59,76H,26-37H2,1-9H3,(H,68,79)(H,71,77)(H,69,72,78)/t40-,46+,52-,59+/m0/s1. The molecule has 17 nitrogen and oxygen atoms in total. The number of aryl methyl sites for hydroxylation is 1. The Kier molecular flexibility index (Phi) is 18.2. The van der Waals surface area contributed by atoms with E-state index in [2.05, 4.69) is 41.8 Å². The number of anilines is 2. The van der Waals surface area contributed by atoms with Gasteiger partial charge in [-0.2, -0.15) is 0 Å². The van der Waals surface area contributed by atoms with E-state index in [4.69, 9.17) is 14.5 Å². The molecular formula is C66H77N9O8S2. The van der Waals surface area contributed by atoms with Crippen molar-refractivity contribution in [2.75, 3.05) is 49.5 Å². The van der Waals surface area contributed by atoms with Crippen LogP contribution in [0.3, 0.4) is 0 Å². The van der Waals surface area contributed by atoms with Crippen LogP contribution in [0.1, 0.15) is 129 Å². The average molecular weight is 1190 g/mol. The van der Waals surface area contributed by atoms with Gasteiger partial charge in [-0.25, -0.2) is 19.7 Å². The molecule has 7 aromatic rings. The molecule has 0 aliphatic carbocycles. The van der Waals surface area contributed by atoms with Crippen LogP contribution in [0.15, 0.2) is 103 Å². The number of aliphatic hydroxyl groups excluding tert-OH is 1. The van der Waals surface area contributed by atoms with Crippen molar-refractivity contribution in [3.8, 4) is 27.3 Å². The number of aromatic nitrogens is 3. The second-order valence-electron chi connectivity index (χ2n) is 24.8. The molecule has 3 aromatic heterocycles. The third-order valence-corrected chi connectivity index (χ3v) is 18.3. The van der Waals surface area contributed by atoms with Gasteiger partial charge in [-0.15, -0.1) is 11.3 Å². The highest BCUT2D eigenvalue weighted by Crippen LogP contribution is 2.37. The summed E-state index contributed by atoms with van der Waals surface area (Å²) in [5.74, 6) is -0.129. The van der Waals surface area contributed by atoms with E-state index in [0.717, 1.165) is 73.4 Å². The second kappa shape index (κ2) is 25.6. The molecule has 85 heavy (non-hydrogen) atoms. The number of benzene rings is 4. The van der Waals surface area contributed by atoms with Gasteiger partial charge in [-0.05, 0) is 161 Å². The molecule has 0 spiro atoms. The molecule has 0 saturated carbocycles. The number of nitrogens with one attached hydrogen (secondary N) is 3. The molecule has 6 heterocycles. The number of esters is 1. The summed E-state index contributed by atoms with van der Waals surface area (Å²) in [6.07, 6.45) is 2.45. The number of hydrogen-bond donors (Lipinski definition) is 4. The second-order valence-corrected chi connectivity index (χ2v) is 26.7. The minimum Gasteiger partial charge on any atom is -0.493 e. The maximum absolute atomic E-state index is 14.4. The molecule has 19 heteroatoms. The number of rotatable bonds is 17. The summed E-state index contributed by atoms with van der Waals surface area (Å²) in [5.41, 5.74) is 9.14. The monoisotopic (exact) mass is 1190 g/mol. The lowest BCUT2D eigenvalue weighted by Crippen LogP contribution is -2.59. The van der Waals surface area contributed by atoms with Gasteiger partial charge in [0.05, 0.1) is 51.6 Å². The first-order valence-electron chi connectivity index (χ1n) is 29.4. The Hall–Kier alpha value is -7.58. The molecule has 446 valence electrons. The van der Waals surface area contributed by atoms with Gasteiger partial charge in [0.2, 0.25) is 17.7 Å². The van der Waals surface area contributed by atoms with Crippen LogP contribution in [-0.2, 0) is 32.1 Å². The first-order valence-corrected chi connectivity index (χ1v) is 31.1. The number of aliphatic hydroxyl groups is 1. The summed E-state index contributed by atoms with van der Waals surface area (Å²) in [7, 11) is 0. The predicted molar refractivity (Wildman–Crippen MR) is 334 cm³/mol. The van der Waals surface area contributed by atoms with Gasteiger partial charge in [0.1, 0.15) is 29.3 Å². The molecule has 2 fully saturated rings. The maximum atomic E-state index is 14.4. The van der Waals surface area contributed by atoms with Crippen molar-refractivity contribution in [3.63, 3.8) is 0 Å². The molecule has 0 unspecified atom stereocenters.